The average Bonchev–Trinajstić information content (AvgIpc) is 3.36. The number of rotatable bonds is 4. The Hall–Kier alpha value is -2.81. The first kappa shape index (κ1) is 22.0. The van der Waals surface area contributed by atoms with Crippen molar-refractivity contribution in [3.63, 3.8) is 0 Å². The summed E-state index contributed by atoms with van der Waals surface area (Å²) in [5.74, 6) is 0.318. The van der Waals surface area contributed by atoms with E-state index in [1.54, 1.807) is 33.6 Å². The van der Waals surface area contributed by atoms with Crippen molar-refractivity contribution >= 4 is 57.6 Å². The Morgan fingerprint density at radius 3 is 2.82 bits per heavy atom. The summed E-state index contributed by atoms with van der Waals surface area (Å²) in [7, 11) is 0. The van der Waals surface area contributed by atoms with Gasteiger partial charge in [0.25, 0.3) is 5.56 Å². The summed E-state index contributed by atoms with van der Waals surface area (Å²) >= 11 is 13.6. The highest BCUT2D eigenvalue weighted by Crippen LogP contribution is 2.34. The first-order valence-electron chi connectivity index (χ1n) is 10.3. The van der Waals surface area contributed by atoms with Crippen molar-refractivity contribution in [3.05, 3.63) is 74.1 Å². The molecule has 3 heterocycles. The van der Waals surface area contributed by atoms with E-state index < -0.39 is 0 Å². The number of benzene rings is 2. The summed E-state index contributed by atoms with van der Waals surface area (Å²) in [5, 5.41) is 9.10. The first-order chi connectivity index (χ1) is 15.8. The number of hydrogen-bond acceptors (Lipinski definition) is 5. The topological polar surface area (TPSA) is 81.8 Å². The standard InChI is InChI=1S/C23H19Cl2N5O2S/c1-12-3-6-19(13(2)7-12)30-21-16(10-26-30)22(32)29-15(11-33-23(29)28-21)9-20(31)27-18-8-14(24)4-5-17(18)25/h3-8,10,15H,9,11H2,1-2H3,(H,27,31). The number of carbonyl (C=O) groups is 1. The molecule has 33 heavy (non-hydrogen) atoms. The zero-order chi connectivity index (χ0) is 23.3. The van der Waals surface area contributed by atoms with E-state index in [0.717, 1.165) is 16.8 Å². The molecular formula is C23H19Cl2N5O2S. The fourth-order valence-electron chi connectivity index (χ4n) is 4.01. The van der Waals surface area contributed by atoms with E-state index in [-0.39, 0.29) is 23.9 Å². The van der Waals surface area contributed by atoms with Gasteiger partial charge >= 0.3 is 0 Å². The van der Waals surface area contributed by atoms with Gasteiger partial charge in [-0.25, -0.2) is 9.67 Å². The smallest absolute Gasteiger partial charge is 0.265 e. The van der Waals surface area contributed by atoms with Crippen LogP contribution in [0, 0.1) is 13.8 Å². The molecule has 0 bridgehead atoms. The molecular weight excluding hydrogens is 481 g/mol. The second-order valence-corrected chi connectivity index (χ2v) is 9.83. The lowest BCUT2D eigenvalue weighted by Crippen LogP contribution is -2.27. The molecule has 1 N–H and O–H groups in total. The lowest BCUT2D eigenvalue weighted by atomic mass is 10.1. The number of nitrogens with zero attached hydrogens (tertiary/aromatic N) is 4. The molecule has 0 spiro atoms. The summed E-state index contributed by atoms with van der Waals surface area (Å²) in [6.45, 7) is 4.04. The second kappa shape index (κ2) is 8.52. The van der Waals surface area contributed by atoms with Gasteiger partial charge in [-0.2, -0.15) is 5.10 Å². The van der Waals surface area contributed by atoms with Crippen molar-refractivity contribution in [2.75, 3.05) is 11.1 Å². The van der Waals surface area contributed by atoms with Crippen LogP contribution in [-0.2, 0) is 4.79 Å². The highest BCUT2D eigenvalue weighted by molar-refractivity contribution is 7.99. The van der Waals surface area contributed by atoms with Crippen LogP contribution in [-0.4, -0.2) is 31.0 Å². The third-order valence-electron chi connectivity index (χ3n) is 5.57. The van der Waals surface area contributed by atoms with Crippen molar-refractivity contribution < 1.29 is 4.79 Å². The van der Waals surface area contributed by atoms with E-state index in [1.807, 2.05) is 26.0 Å². The molecule has 0 aliphatic carbocycles. The van der Waals surface area contributed by atoms with E-state index in [0.29, 0.717) is 37.7 Å². The van der Waals surface area contributed by atoms with Crippen molar-refractivity contribution in [3.8, 4) is 5.69 Å². The maximum Gasteiger partial charge on any atom is 0.265 e. The van der Waals surface area contributed by atoms with Gasteiger partial charge < -0.3 is 5.32 Å². The van der Waals surface area contributed by atoms with Gasteiger partial charge in [-0.1, -0.05) is 52.7 Å². The number of thioether (sulfide) groups is 1. The second-order valence-electron chi connectivity index (χ2n) is 7.99. The SMILES string of the molecule is Cc1ccc(-n2ncc3c(=O)n4c(nc32)SCC4CC(=O)Nc2cc(Cl)ccc2Cl)c(C)c1. The molecule has 0 radical (unpaired) electrons. The first-order valence-corrected chi connectivity index (χ1v) is 12.0. The molecule has 2 aromatic carbocycles. The Bertz CT molecular complexity index is 1480. The zero-order valence-corrected chi connectivity index (χ0v) is 20.1. The molecule has 7 nitrogen and oxygen atoms in total. The van der Waals surface area contributed by atoms with Crippen molar-refractivity contribution in [2.24, 2.45) is 0 Å². The van der Waals surface area contributed by atoms with Crippen LogP contribution in [0.25, 0.3) is 16.7 Å². The number of aromatic nitrogens is 4. The number of halogens is 2. The Labute approximate surface area is 203 Å². The van der Waals surface area contributed by atoms with Crippen molar-refractivity contribution in [1.82, 2.24) is 19.3 Å². The van der Waals surface area contributed by atoms with Crippen LogP contribution in [0.3, 0.4) is 0 Å². The summed E-state index contributed by atoms with van der Waals surface area (Å²) in [6, 6.07) is 10.6. The van der Waals surface area contributed by atoms with Gasteiger partial charge in [0.2, 0.25) is 5.91 Å². The van der Waals surface area contributed by atoms with Gasteiger partial charge in [-0.3, -0.25) is 14.2 Å². The van der Waals surface area contributed by atoms with E-state index in [4.69, 9.17) is 28.2 Å². The molecule has 1 atom stereocenters. The van der Waals surface area contributed by atoms with Crippen LogP contribution in [0.15, 0.2) is 52.5 Å². The third kappa shape index (κ3) is 4.03. The van der Waals surface area contributed by atoms with Crippen molar-refractivity contribution in [1.29, 1.82) is 0 Å². The third-order valence-corrected chi connectivity index (χ3v) is 7.24. The number of aryl methyl sites for hydroxylation is 2. The van der Waals surface area contributed by atoms with Crippen LogP contribution in [0.2, 0.25) is 10.0 Å². The lowest BCUT2D eigenvalue weighted by molar-refractivity contribution is -0.116. The minimum Gasteiger partial charge on any atom is -0.325 e. The highest BCUT2D eigenvalue weighted by atomic mass is 35.5. The Morgan fingerprint density at radius 2 is 2.03 bits per heavy atom. The molecule has 0 saturated heterocycles. The predicted octanol–water partition coefficient (Wildman–Crippen LogP) is 5.18. The van der Waals surface area contributed by atoms with Gasteiger partial charge in [0, 0.05) is 17.2 Å². The fraction of sp³-hybridized carbons (Fsp3) is 0.217. The Morgan fingerprint density at radius 1 is 1.21 bits per heavy atom. The molecule has 2 aromatic heterocycles. The monoisotopic (exact) mass is 499 g/mol. The molecule has 0 fully saturated rings. The van der Waals surface area contributed by atoms with E-state index in [1.165, 1.54) is 11.8 Å². The van der Waals surface area contributed by atoms with Gasteiger partial charge in [0.1, 0.15) is 5.39 Å². The molecule has 5 rings (SSSR count). The molecule has 168 valence electrons. The van der Waals surface area contributed by atoms with Crippen molar-refractivity contribution in [2.45, 2.75) is 31.5 Å². The number of anilines is 1. The fourth-order valence-corrected chi connectivity index (χ4v) is 5.48. The number of hydrogen-bond donors (Lipinski definition) is 1. The number of carbonyl (C=O) groups excluding carboxylic acids is 1. The molecule has 0 saturated carbocycles. The molecule has 4 aromatic rings. The number of nitrogens with one attached hydrogen (secondary N) is 1. The molecule has 1 amide bonds. The minimum atomic E-state index is -0.322. The molecule has 1 aliphatic rings. The summed E-state index contributed by atoms with van der Waals surface area (Å²) < 4.78 is 3.30. The van der Waals surface area contributed by atoms with E-state index in [9.17, 15) is 9.59 Å². The highest BCUT2D eigenvalue weighted by Gasteiger charge is 2.30. The molecule has 1 unspecified atom stereocenters. The largest absolute Gasteiger partial charge is 0.325 e. The zero-order valence-electron chi connectivity index (χ0n) is 17.8. The Kier molecular flexibility index (Phi) is 5.68. The maximum absolute atomic E-state index is 13.3. The minimum absolute atomic E-state index is 0.112. The maximum atomic E-state index is 13.3. The van der Waals surface area contributed by atoms with Crippen LogP contribution in [0.4, 0.5) is 5.69 Å². The van der Waals surface area contributed by atoms with Crippen LogP contribution >= 0.6 is 35.0 Å². The Balaban J connectivity index is 1.46. The van der Waals surface area contributed by atoms with Gasteiger partial charge in [-0.15, -0.1) is 0 Å². The van der Waals surface area contributed by atoms with Crippen LogP contribution in [0.1, 0.15) is 23.6 Å². The van der Waals surface area contributed by atoms with Crippen LogP contribution < -0.4 is 10.9 Å². The quantitative estimate of drug-likeness (QED) is 0.391. The number of amides is 1. The molecule has 1 aliphatic heterocycles. The molecule has 10 heteroatoms. The average molecular weight is 500 g/mol. The predicted molar refractivity (Wildman–Crippen MR) is 132 cm³/mol. The summed E-state index contributed by atoms with van der Waals surface area (Å²) in [6.07, 6.45) is 1.66. The van der Waals surface area contributed by atoms with Gasteiger partial charge in [0.05, 0.1) is 28.6 Å². The summed E-state index contributed by atoms with van der Waals surface area (Å²) in [5.41, 5.74) is 3.83. The number of fused-ring (bicyclic) bond motifs is 2. The summed E-state index contributed by atoms with van der Waals surface area (Å²) in [4.78, 5) is 30.8. The lowest BCUT2D eigenvalue weighted by Gasteiger charge is -2.14. The van der Waals surface area contributed by atoms with Gasteiger partial charge in [-0.05, 0) is 43.7 Å². The van der Waals surface area contributed by atoms with Crippen LogP contribution in [0.5, 0.6) is 0 Å². The van der Waals surface area contributed by atoms with Gasteiger partial charge in [0.15, 0.2) is 10.8 Å². The van der Waals surface area contributed by atoms with E-state index in [2.05, 4.69) is 16.5 Å². The normalized spacial score (nSPS) is 15.1. The van der Waals surface area contributed by atoms with E-state index >= 15 is 0 Å².